The lowest BCUT2D eigenvalue weighted by molar-refractivity contribution is -0.141. The van der Waals surface area contributed by atoms with Crippen molar-refractivity contribution >= 4 is 5.97 Å². The van der Waals surface area contributed by atoms with Crippen LogP contribution >= 0.6 is 0 Å². The third-order valence-corrected chi connectivity index (χ3v) is 2.15. The minimum Gasteiger partial charge on any atom is -0.464 e. The first-order valence-corrected chi connectivity index (χ1v) is 4.27. The van der Waals surface area contributed by atoms with Gasteiger partial charge in [-0.3, -0.25) is 9.69 Å². The molecule has 4 nitrogen and oxygen atoms in total. The summed E-state index contributed by atoms with van der Waals surface area (Å²) in [5.41, 5.74) is 0. The van der Waals surface area contributed by atoms with Crippen LogP contribution in [0.25, 0.3) is 0 Å². The van der Waals surface area contributed by atoms with E-state index in [0.29, 0.717) is 6.61 Å². The molecule has 0 aromatic heterocycles. The summed E-state index contributed by atoms with van der Waals surface area (Å²) in [6.45, 7) is 2.37. The zero-order chi connectivity index (χ0) is 8.97. The first-order valence-electron chi connectivity index (χ1n) is 4.27. The fourth-order valence-electron chi connectivity index (χ4n) is 1.33. The lowest BCUT2D eigenvalue weighted by Gasteiger charge is -2.20. The molecule has 0 spiro atoms. The minimum atomic E-state index is -0.0754. The van der Waals surface area contributed by atoms with E-state index >= 15 is 0 Å². The maximum Gasteiger partial charge on any atom is 0.323 e. The van der Waals surface area contributed by atoms with Crippen molar-refractivity contribution < 1.29 is 9.53 Å². The van der Waals surface area contributed by atoms with E-state index in [1.165, 1.54) is 0 Å². The fraction of sp³-hybridized carbons (Fsp3) is 0.875. The zero-order valence-corrected chi connectivity index (χ0v) is 7.67. The van der Waals surface area contributed by atoms with E-state index in [2.05, 4.69) is 5.32 Å². The van der Waals surface area contributed by atoms with Gasteiger partial charge in [-0.15, -0.1) is 0 Å². The summed E-state index contributed by atoms with van der Waals surface area (Å²) >= 11 is 0. The number of hydrogen-bond acceptors (Lipinski definition) is 4. The summed E-state index contributed by atoms with van der Waals surface area (Å²) in [4.78, 5) is 13.1. The van der Waals surface area contributed by atoms with Crippen LogP contribution in [-0.4, -0.2) is 50.7 Å². The van der Waals surface area contributed by atoms with Crippen LogP contribution in [0, 0.1) is 0 Å². The lowest BCUT2D eigenvalue weighted by atomic mass is 10.2. The molecule has 0 aliphatic carbocycles. The van der Waals surface area contributed by atoms with E-state index < -0.39 is 0 Å². The van der Waals surface area contributed by atoms with Crippen LogP contribution < -0.4 is 5.32 Å². The maximum absolute atomic E-state index is 11.1. The average molecular weight is 172 g/mol. The third-order valence-electron chi connectivity index (χ3n) is 2.15. The van der Waals surface area contributed by atoms with Crippen LogP contribution in [0.3, 0.4) is 0 Å². The van der Waals surface area contributed by atoms with Crippen molar-refractivity contribution in [3.63, 3.8) is 0 Å². The molecule has 0 saturated carbocycles. The lowest BCUT2D eigenvalue weighted by Crippen LogP contribution is -2.38. The Hall–Kier alpha value is -0.610. The normalized spacial score (nSPS) is 23.2. The monoisotopic (exact) mass is 172 g/mol. The number of ether oxygens (including phenoxy) is 1. The Bertz CT molecular complexity index is 161. The van der Waals surface area contributed by atoms with E-state index in [1.807, 2.05) is 19.0 Å². The Labute approximate surface area is 72.9 Å². The van der Waals surface area contributed by atoms with Crippen LogP contribution in [0.4, 0.5) is 0 Å². The molecule has 1 aliphatic heterocycles. The molecular formula is C8H16N2O2. The molecule has 1 rings (SSSR count). The highest BCUT2D eigenvalue weighted by atomic mass is 16.5. The van der Waals surface area contributed by atoms with E-state index in [0.717, 1.165) is 19.5 Å². The molecule has 70 valence electrons. The smallest absolute Gasteiger partial charge is 0.323 e. The molecule has 0 aromatic rings. The predicted octanol–water partition coefficient (Wildman–Crippen LogP) is -0.547. The van der Waals surface area contributed by atoms with Gasteiger partial charge < -0.3 is 10.1 Å². The number of cyclic esters (lactones) is 1. The summed E-state index contributed by atoms with van der Waals surface area (Å²) in [6.07, 6.45) is 0.832. The Balaban J connectivity index is 2.30. The molecule has 1 N–H and O–H groups in total. The van der Waals surface area contributed by atoms with Gasteiger partial charge in [0.1, 0.15) is 6.04 Å². The molecular weight excluding hydrogens is 156 g/mol. The Morgan fingerprint density at radius 2 is 2.50 bits per heavy atom. The molecule has 12 heavy (non-hydrogen) atoms. The van der Waals surface area contributed by atoms with Gasteiger partial charge in [0.05, 0.1) is 6.61 Å². The number of likely N-dealkylation sites (N-methyl/N-ethyl adjacent to an activating group) is 2. The predicted molar refractivity (Wildman–Crippen MR) is 45.9 cm³/mol. The number of nitrogens with one attached hydrogen (secondary N) is 1. The number of carbonyl (C=O) groups is 1. The van der Waals surface area contributed by atoms with Gasteiger partial charge in [-0.05, 0) is 14.1 Å². The number of hydrogen-bond donors (Lipinski definition) is 1. The summed E-state index contributed by atoms with van der Waals surface area (Å²) in [6, 6.07) is -0.0154. The number of nitrogens with zero attached hydrogens (tertiary/aromatic N) is 1. The summed E-state index contributed by atoms with van der Waals surface area (Å²) < 4.78 is 4.87. The zero-order valence-electron chi connectivity index (χ0n) is 7.67. The third kappa shape index (κ3) is 2.19. The first kappa shape index (κ1) is 9.48. The van der Waals surface area contributed by atoms with Crippen molar-refractivity contribution in [3.8, 4) is 0 Å². The van der Waals surface area contributed by atoms with Crippen LogP contribution in [-0.2, 0) is 9.53 Å². The highest BCUT2D eigenvalue weighted by Crippen LogP contribution is 2.11. The van der Waals surface area contributed by atoms with Crippen molar-refractivity contribution in [3.05, 3.63) is 0 Å². The molecule has 1 unspecified atom stereocenters. The number of carbonyl (C=O) groups excluding carboxylic acids is 1. The molecule has 0 radical (unpaired) electrons. The van der Waals surface area contributed by atoms with Gasteiger partial charge in [-0.25, -0.2) is 0 Å². The van der Waals surface area contributed by atoms with Gasteiger partial charge in [-0.2, -0.15) is 0 Å². The highest BCUT2D eigenvalue weighted by Gasteiger charge is 2.29. The topological polar surface area (TPSA) is 41.6 Å². The molecule has 0 amide bonds. The van der Waals surface area contributed by atoms with Crippen molar-refractivity contribution in [2.75, 3.05) is 33.8 Å². The second kappa shape index (κ2) is 4.42. The average Bonchev–Trinajstić information content (AvgIpc) is 2.47. The van der Waals surface area contributed by atoms with Gasteiger partial charge in [0.25, 0.3) is 0 Å². The van der Waals surface area contributed by atoms with Crippen LogP contribution in [0.5, 0.6) is 0 Å². The van der Waals surface area contributed by atoms with Crippen molar-refractivity contribution in [2.45, 2.75) is 12.5 Å². The van der Waals surface area contributed by atoms with Gasteiger partial charge in [0.15, 0.2) is 0 Å². The van der Waals surface area contributed by atoms with Gasteiger partial charge >= 0.3 is 5.97 Å². The van der Waals surface area contributed by atoms with Crippen molar-refractivity contribution in [1.82, 2.24) is 10.2 Å². The Kier molecular flexibility index (Phi) is 3.49. The van der Waals surface area contributed by atoms with Crippen molar-refractivity contribution in [2.24, 2.45) is 0 Å². The summed E-state index contributed by atoms with van der Waals surface area (Å²) in [5.74, 6) is -0.0754. The molecule has 0 aromatic carbocycles. The second-order valence-corrected chi connectivity index (χ2v) is 3.06. The standard InChI is InChI=1S/C8H16N2O2/c1-9-4-5-10(2)7-3-6-12-8(7)11/h7,9H,3-6H2,1-2H3. The van der Waals surface area contributed by atoms with E-state index in [1.54, 1.807) is 0 Å². The Morgan fingerprint density at radius 3 is 3.00 bits per heavy atom. The second-order valence-electron chi connectivity index (χ2n) is 3.06. The molecule has 1 saturated heterocycles. The van der Waals surface area contributed by atoms with Gasteiger partial charge in [0.2, 0.25) is 0 Å². The molecule has 1 heterocycles. The molecule has 4 heteroatoms. The van der Waals surface area contributed by atoms with Crippen LogP contribution in [0.2, 0.25) is 0 Å². The molecule has 1 atom stereocenters. The quantitative estimate of drug-likeness (QED) is 0.578. The van der Waals surface area contributed by atoms with E-state index in [9.17, 15) is 4.79 Å². The Morgan fingerprint density at radius 1 is 1.75 bits per heavy atom. The highest BCUT2D eigenvalue weighted by molar-refractivity contribution is 5.77. The number of rotatable bonds is 4. The fourth-order valence-corrected chi connectivity index (χ4v) is 1.33. The minimum absolute atomic E-state index is 0.0154. The molecule has 0 bridgehead atoms. The largest absolute Gasteiger partial charge is 0.464 e. The molecule has 1 fully saturated rings. The SMILES string of the molecule is CNCCN(C)C1CCOC1=O. The first-order chi connectivity index (χ1) is 5.75. The van der Waals surface area contributed by atoms with Crippen LogP contribution in [0.1, 0.15) is 6.42 Å². The van der Waals surface area contributed by atoms with E-state index in [-0.39, 0.29) is 12.0 Å². The van der Waals surface area contributed by atoms with E-state index in [4.69, 9.17) is 4.74 Å². The van der Waals surface area contributed by atoms with Gasteiger partial charge in [0, 0.05) is 19.5 Å². The molecule has 1 aliphatic rings. The summed E-state index contributed by atoms with van der Waals surface area (Å²) in [5, 5.41) is 3.04. The van der Waals surface area contributed by atoms with Crippen LogP contribution in [0.15, 0.2) is 0 Å². The number of esters is 1. The maximum atomic E-state index is 11.1. The van der Waals surface area contributed by atoms with Gasteiger partial charge in [-0.1, -0.05) is 0 Å². The summed E-state index contributed by atoms with van der Waals surface area (Å²) in [7, 11) is 3.86. The van der Waals surface area contributed by atoms with Crippen molar-refractivity contribution in [1.29, 1.82) is 0 Å².